The minimum Gasteiger partial charge on any atom is -0.280 e. The number of aryl methyl sites for hydroxylation is 1. The Labute approximate surface area is 174 Å². The maximum atomic E-state index is 12.6. The van der Waals surface area contributed by atoms with Gasteiger partial charge in [-0.1, -0.05) is 45.2 Å². The van der Waals surface area contributed by atoms with Crippen molar-refractivity contribution < 1.29 is 16.8 Å². The van der Waals surface area contributed by atoms with Crippen molar-refractivity contribution in [1.29, 1.82) is 0 Å². The molecule has 160 valence electrons. The third kappa shape index (κ3) is 6.83. The first kappa shape index (κ1) is 23.4. The predicted molar refractivity (Wildman–Crippen MR) is 117 cm³/mol. The van der Waals surface area contributed by atoms with Crippen LogP contribution in [0.1, 0.15) is 45.1 Å². The Morgan fingerprint density at radius 1 is 0.897 bits per heavy atom. The molecule has 0 saturated carbocycles. The molecule has 0 saturated heterocycles. The summed E-state index contributed by atoms with van der Waals surface area (Å²) in [5.41, 5.74) is 1.39. The minimum atomic E-state index is -3.80. The van der Waals surface area contributed by atoms with Crippen molar-refractivity contribution in [3.05, 3.63) is 54.1 Å². The highest BCUT2D eigenvalue weighted by molar-refractivity contribution is 7.92. The summed E-state index contributed by atoms with van der Waals surface area (Å²) in [6, 6.07) is 12.3. The molecule has 2 N–H and O–H groups in total. The van der Waals surface area contributed by atoms with E-state index in [-0.39, 0.29) is 9.79 Å². The molecule has 0 bridgehead atoms. The van der Waals surface area contributed by atoms with Crippen LogP contribution in [-0.2, 0) is 20.0 Å². The zero-order chi connectivity index (χ0) is 21.5. The van der Waals surface area contributed by atoms with Crippen molar-refractivity contribution in [3.63, 3.8) is 0 Å². The maximum Gasteiger partial charge on any atom is 0.261 e. The van der Waals surface area contributed by atoms with Crippen molar-refractivity contribution in [2.75, 3.05) is 11.3 Å². The zero-order valence-electron chi connectivity index (χ0n) is 17.2. The Balaban J connectivity index is 2.09. The van der Waals surface area contributed by atoms with Gasteiger partial charge in [-0.15, -0.1) is 0 Å². The smallest absolute Gasteiger partial charge is 0.261 e. The molecule has 1 atom stereocenters. The van der Waals surface area contributed by atoms with Gasteiger partial charge < -0.3 is 0 Å². The van der Waals surface area contributed by atoms with Gasteiger partial charge in [0.15, 0.2) is 0 Å². The fraction of sp³-hybridized carbons (Fsp3) is 0.429. The number of hydrogen-bond donors (Lipinski definition) is 2. The number of anilines is 1. The number of benzene rings is 2. The fourth-order valence-corrected chi connectivity index (χ4v) is 5.14. The van der Waals surface area contributed by atoms with E-state index in [9.17, 15) is 16.8 Å². The van der Waals surface area contributed by atoms with Crippen LogP contribution >= 0.6 is 0 Å². The summed E-state index contributed by atoms with van der Waals surface area (Å²) in [5, 5.41) is 0. The van der Waals surface area contributed by atoms with Gasteiger partial charge in [-0.05, 0) is 61.2 Å². The van der Waals surface area contributed by atoms with Gasteiger partial charge in [-0.2, -0.15) is 0 Å². The third-order valence-corrected chi connectivity index (χ3v) is 7.66. The van der Waals surface area contributed by atoms with E-state index >= 15 is 0 Å². The van der Waals surface area contributed by atoms with Crippen LogP contribution in [0.3, 0.4) is 0 Å². The van der Waals surface area contributed by atoms with Gasteiger partial charge in [-0.3, -0.25) is 4.72 Å². The minimum absolute atomic E-state index is 0.00679. The lowest BCUT2D eigenvalue weighted by Crippen LogP contribution is -2.29. The standard InChI is InChI=1S/C21H30N2O4S2/c1-4-6-9-18(5-2)16-22-28(24,25)20-11-13-21(14-12-20)29(26,27)23-19-10-7-8-17(3)15-19/h7-8,10-15,18,22-23H,4-6,9,16H2,1-3H3. The molecule has 2 aromatic carbocycles. The molecule has 0 heterocycles. The second-order valence-corrected chi connectivity index (χ2v) is 10.7. The lowest BCUT2D eigenvalue weighted by atomic mass is 10.00. The Morgan fingerprint density at radius 3 is 2.07 bits per heavy atom. The van der Waals surface area contributed by atoms with Crippen molar-refractivity contribution in [2.24, 2.45) is 5.92 Å². The lowest BCUT2D eigenvalue weighted by Gasteiger charge is -2.15. The predicted octanol–water partition coefficient (Wildman–Crippen LogP) is 4.29. The quantitative estimate of drug-likeness (QED) is 0.547. The molecule has 0 aliphatic rings. The van der Waals surface area contributed by atoms with Crippen molar-refractivity contribution in [3.8, 4) is 0 Å². The normalized spacial score (nSPS) is 13.2. The summed E-state index contributed by atoms with van der Waals surface area (Å²) in [7, 11) is -7.48. The van der Waals surface area contributed by atoms with E-state index in [1.165, 1.54) is 24.3 Å². The first-order chi connectivity index (χ1) is 13.7. The Bertz CT molecular complexity index is 1000. The summed E-state index contributed by atoms with van der Waals surface area (Å²) in [5.74, 6) is 0.294. The average Bonchev–Trinajstić information content (AvgIpc) is 2.68. The van der Waals surface area contributed by atoms with E-state index in [1.54, 1.807) is 18.2 Å². The fourth-order valence-electron chi connectivity index (χ4n) is 2.97. The second-order valence-electron chi connectivity index (χ2n) is 7.21. The first-order valence-corrected chi connectivity index (χ1v) is 12.8. The van der Waals surface area contributed by atoms with Crippen LogP contribution in [0.25, 0.3) is 0 Å². The summed E-state index contributed by atoms with van der Waals surface area (Å²) >= 11 is 0. The Morgan fingerprint density at radius 2 is 1.52 bits per heavy atom. The van der Waals surface area contributed by atoms with Gasteiger partial charge >= 0.3 is 0 Å². The molecular weight excluding hydrogens is 408 g/mol. The molecular formula is C21H30N2O4S2. The molecule has 2 rings (SSSR count). The third-order valence-electron chi connectivity index (χ3n) is 4.82. The Kier molecular flexibility index (Phi) is 8.24. The highest BCUT2D eigenvalue weighted by atomic mass is 32.2. The van der Waals surface area contributed by atoms with Crippen LogP contribution in [0.2, 0.25) is 0 Å². The molecule has 0 aliphatic carbocycles. The molecule has 0 radical (unpaired) electrons. The number of hydrogen-bond acceptors (Lipinski definition) is 4. The molecule has 1 unspecified atom stereocenters. The van der Waals surface area contributed by atoms with Crippen LogP contribution in [0.4, 0.5) is 5.69 Å². The van der Waals surface area contributed by atoms with E-state index in [0.29, 0.717) is 18.2 Å². The van der Waals surface area contributed by atoms with E-state index < -0.39 is 20.0 Å². The van der Waals surface area contributed by atoms with Crippen LogP contribution < -0.4 is 9.44 Å². The van der Waals surface area contributed by atoms with Crippen LogP contribution in [0, 0.1) is 12.8 Å². The molecule has 29 heavy (non-hydrogen) atoms. The summed E-state index contributed by atoms with van der Waals surface area (Å²) in [4.78, 5) is 0.0599. The zero-order valence-corrected chi connectivity index (χ0v) is 18.8. The molecule has 8 heteroatoms. The van der Waals surface area contributed by atoms with E-state index in [2.05, 4.69) is 23.3 Å². The highest BCUT2D eigenvalue weighted by Gasteiger charge is 2.19. The van der Waals surface area contributed by atoms with E-state index in [0.717, 1.165) is 31.2 Å². The molecule has 0 amide bonds. The van der Waals surface area contributed by atoms with Crippen LogP contribution in [0.15, 0.2) is 58.3 Å². The van der Waals surface area contributed by atoms with Crippen molar-refractivity contribution in [1.82, 2.24) is 4.72 Å². The monoisotopic (exact) mass is 438 g/mol. The summed E-state index contributed by atoms with van der Waals surface area (Å²) in [6.45, 7) is 6.42. The van der Waals surface area contributed by atoms with Gasteiger partial charge in [0.2, 0.25) is 10.0 Å². The van der Waals surface area contributed by atoms with E-state index in [1.807, 2.05) is 13.0 Å². The van der Waals surface area contributed by atoms with Gasteiger partial charge in [0.25, 0.3) is 10.0 Å². The van der Waals surface area contributed by atoms with Crippen molar-refractivity contribution >= 4 is 25.7 Å². The summed E-state index contributed by atoms with van der Waals surface area (Å²) in [6.07, 6.45) is 4.04. The largest absolute Gasteiger partial charge is 0.280 e. The lowest BCUT2D eigenvalue weighted by molar-refractivity contribution is 0.443. The maximum absolute atomic E-state index is 12.6. The van der Waals surface area contributed by atoms with Crippen LogP contribution in [-0.4, -0.2) is 23.4 Å². The molecule has 0 aliphatic heterocycles. The van der Waals surface area contributed by atoms with Crippen molar-refractivity contribution in [2.45, 2.75) is 56.2 Å². The van der Waals surface area contributed by atoms with Gasteiger partial charge in [0.1, 0.15) is 0 Å². The SMILES string of the molecule is CCCCC(CC)CNS(=O)(=O)c1ccc(S(=O)(=O)Nc2cccc(C)c2)cc1. The average molecular weight is 439 g/mol. The van der Waals surface area contributed by atoms with Gasteiger partial charge in [0, 0.05) is 12.2 Å². The number of nitrogens with one attached hydrogen (secondary N) is 2. The number of unbranched alkanes of at least 4 members (excludes halogenated alkanes) is 1. The van der Waals surface area contributed by atoms with Gasteiger partial charge in [-0.25, -0.2) is 21.6 Å². The second kappa shape index (κ2) is 10.2. The molecule has 2 aromatic rings. The highest BCUT2D eigenvalue weighted by Crippen LogP contribution is 2.19. The number of sulfonamides is 2. The van der Waals surface area contributed by atoms with Crippen LogP contribution in [0.5, 0.6) is 0 Å². The first-order valence-electron chi connectivity index (χ1n) is 9.87. The molecule has 0 aromatic heterocycles. The van der Waals surface area contributed by atoms with E-state index in [4.69, 9.17) is 0 Å². The van der Waals surface area contributed by atoms with Gasteiger partial charge in [0.05, 0.1) is 9.79 Å². The summed E-state index contributed by atoms with van der Waals surface area (Å²) < 4.78 is 55.3. The topological polar surface area (TPSA) is 92.3 Å². The number of rotatable bonds is 11. The molecule has 6 nitrogen and oxygen atoms in total. The molecule has 0 spiro atoms. The Hall–Kier alpha value is -1.90. The molecule has 0 fully saturated rings.